The van der Waals surface area contributed by atoms with E-state index in [0.717, 1.165) is 17.7 Å². The number of carbonyl (C=O) groups is 2. The Morgan fingerprint density at radius 2 is 1.77 bits per heavy atom. The molecule has 31 heavy (non-hydrogen) atoms. The van der Waals surface area contributed by atoms with Crippen molar-refractivity contribution in [2.24, 2.45) is 0 Å². The topological polar surface area (TPSA) is 58.6 Å². The summed E-state index contributed by atoms with van der Waals surface area (Å²) in [5.74, 6) is 1.36. The molecular weight excluding hydrogens is 455 g/mol. The molecule has 2 amide bonds. The molecule has 1 atom stereocenters. The number of ether oxygens (including phenoxy) is 1. The molecule has 0 bridgehead atoms. The lowest BCUT2D eigenvalue weighted by Crippen LogP contribution is -2.48. The number of nitrogens with one attached hydrogen (secondary N) is 1. The molecule has 1 N–H and O–H groups in total. The van der Waals surface area contributed by atoms with Gasteiger partial charge in [0.15, 0.2) is 0 Å². The summed E-state index contributed by atoms with van der Waals surface area (Å²) in [5.41, 5.74) is 1.72. The quantitative estimate of drug-likeness (QED) is 0.479. The third-order valence-corrected chi connectivity index (χ3v) is 6.46. The minimum absolute atomic E-state index is 0.145. The highest BCUT2D eigenvalue weighted by Gasteiger charge is 2.27. The van der Waals surface area contributed by atoms with E-state index >= 15 is 0 Å². The van der Waals surface area contributed by atoms with Gasteiger partial charge in [0.05, 0.1) is 12.9 Å². The van der Waals surface area contributed by atoms with Gasteiger partial charge in [-0.25, -0.2) is 0 Å². The molecule has 2 aromatic rings. The minimum atomic E-state index is -0.645. The zero-order valence-corrected chi connectivity index (χ0v) is 20.3. The van der Waals surface area contributed by atoms with Crippen LogP contribution in [0.5, 0.6) is 5.75 Å². The Labute approximate surface area is 198 Å². The van der Waals surface area contributed by atoms with E-state index in [1.807, 2.05) is 31.2 Å². The summed E-state index contributed by atoms with van der Waals surface area (Å²) in [4.78, 5) is 27.2. The van der Waals surface area contributed by atoms with Crippen LogP contribution < -0.4 is 10.1 Å². The van der Waals surface area contributed by atoms with Gasteiger partial charge in [-0.05, 0) is 43.2 Å². The molecule has 2 aromatic carbocycles. The molecule has 168 valence electrons. The van der Waals surface area contributed by atoms with Crippen molar-refractivity contribution >= 4 is 46.8 Å². The number of nitrogens with zero attached hydrogens (tertiary/aromatic N) is 1. The van der Waals surface area contributed by atoms with E-state index in [4.69, 9.17) is 27.9 Å². The Balaban J connectivity index is 2.10. The molecule has 0 saturated heterocycles. The van der Waals surface area contributed by atoms with E-state index in [9.17, 15) is 9.59 Å². The van der Waals surface area contributed by atoms with Gasteiger partial charge in [0.2, 0.25) is 11.8 Å². The van der Waals surface area contributed by atoms with E-state index in [2.05, 4.69) is 5.32 Å². The van der Waals surface area contributed by atoms with Crippen molar-refractivity contribution in [3.05, 3.63) is 63.6 Å². The molecular formula is C23H28Cl2N2O3S. The SMILES string of the molecule is CCCNC(=O)[C@@H](C)N(Cc1c(Cl)cccc1Cl)C(=O)CSCc1ccc(OC)cc1. The second kappa shape index (κ2) is 12.8. The summed E-state index contributed by atoms with van der Waals surface area (Å²) >= 11 is 14.1. The van der Waals surface area contributed by atoms with Crippen LogP contribution in [0.2, 0.25) is 10.0 Å². The summed E-state index contributed by atoms with van der Waals surface area (Å²) in [6.07, 6.45) is 0.820. The summed E-state index contributed by atoms with van der Waals surface area (Å²) in [6, 6.07) is 12.3. The molecule has 0 aliphatic heterocycles. The number of benzene rings is 2. The van der Waals surface area contributed by atoms with Crippen LogP contribution in [-0.4, -0.2) is 42.2 Å². The van der Waals surface area contributed by atoms with Gasteiger partial charge in [0.1, 0.15) is 11.8 Å². The van der Waals surface area contributed by atoms with Crippen LogP contribution >= 0.6 is 35.0 Å². The lowest BCUT2D eigenvalue weighted by molar-refractivity contribution is -0.138. The summed E-state index contributed by atoms with van der Waals surface area (Å²) < 4.78 is 5.17. The number of halogens is 2. The maximum absolute atomic E-state index is 13.1. The molecule has 0 heterocycles. The summed E-state index contributed by atoms with van der Waals surface area (Å²) in [6.45, 7) is 4.43. The summed E-state index contributed by atoms with van der Waals surface area (Å²) in [5, 5.41) is 3.80. The van der Waals surface area contributed by atoms with Gasteiger partial charge in [-0.2, -0.15) is 0 Å². The number of hydrogen-bond acceptors (Lipinski definition) is 4. The molecule has 5 nitrogen and oxygen atoms in total. The Bertz CT molecular complexity index is 857. The number of hydrogen-bond donors (Lipinski definition) is 1. The fraction of sp³-hybridized carbons (Fsp3) is 0.391. The van der Waals surface area contributed by atoms with E-state index in [1.165, 1.54) is 11.8 Å². The highest BCUT2D eigenvalue weighted by molar-refractivity contribution is 7.99. The predicted molar refractivity (Wildman–Crippen MR) is 129 cm³/mol. The fourth-order valence-electron chi connectivity index (χ4n) is 2.89. The Hall–Kier alpha value is -1.89. The second-order valence-corrected chi connectivity index (χ2v) is 8.83. The van der Waals surface area contributed by atoms with Crippen molar-refractivity contribution in [2.45, 2.75) is 38.6 Å². The molecule has 0 fully saturated rings. The van der Waals surface area contributed by atoms with Gasteiger partial charge in [-0.3, -0.25) is 9.59 Å². The van der Waals surface area contributed by atoms with Crippen LogP contribution in [-0.2, 0) is 21.9 Å². The van der Waals surface area contributed by atoms with Gasteiger partial charge in [-0.15, -0.1) is 11.8 Å². The number of amides is 2. The van der Waals surface area contributed by atoms with E-state index in [-0.39, 0.29) is 24.1 Å². The molecule has 0 unspecified atom stereocenters. The average molecular weight is 483 g/mol. The first-order valence-corrected chi connectivity index (χ1v) is 12.0. The number of carbonyl (C=O) groups excluding carboxylic acids is 2. The Kier molecular flexibility index (Phi) is 10.5. The Morgan fingerprint density at radius 1 is 1.13 bits per heavy atom. The first-order valence-electron chi connectivity index (χ1n) is 10.1. The van der Waals surface area contributed by atoms with Crippen LogP contribution in [0.3, 0.4) is 0 Å². The van der Waals surface area contributed by atoms with E-state index < -0.39 is 6.04 Å². The zero-order chi connectivity index (χ0) is 22.8. The van der Waals surface area contributed by atoms with E-state index in [1.54, 1.807) is 37.1 Å². The smallest absolute Gasteiger partial charge is 0.242 e. The molecule has 0 aliphatic carbocycles. The van der Waals surface area contributed by atoms with Crippen molar-refractivity contribution in [1.29, 1.82) is 0 Å². The third kappa shape index (κ3) is 7.63. The van der Waals surface area contributed by atoms with Crippen LogP contribution in [0.4, 0.5) is 0 Å². The van der Waals surface area contributed by atoms with Crippen molar-refractivity contribution in [1.82, 2.24) is 10.2 Å². The van der Waals surface area contributed by atoms with Crippen molar-refractivity contribution in [3.8, 4) is 5.75 Å². The second-order valence-electron chi connectivity index (χ2n) is 7.03. The lowest BCUT2D eigenvalue weighted by Gasteiger charge is -2.29. The molecule has 0 aromatic heterocycles. The van der Waals surface area contributed by atoms with Crippen molar-refractivity contribution in [3.63, 3.8) is 0 Å². The van der Waals surface area contributed by atoms with Gasteiger partial charge in [0.25, 0.3) is 0 Å². The first-order chi connectivity index (χ1) is 14.9. The van der Waals surface area contributed by atoms with Crippen molar-refractivity contribution < 1.29 is 14.3 Å². The first kappa shape index (κ1) is 25.4. The van der Waals surface area contributed by atoms with Gasteiger partial charge >= 0.3 is 0 Å². The third-order valence-electron chi connectivity index (χ3n) is 4.76. The summed E-state index contributed by atoms with van der Waals surface area (Å²) in [7, 11) is 1.63. The van der Waals surface area contributed by atoms with Crippen molar-refractivity contribution in [2.75, 3.05) is 19.4 Å². The number of thioether (sulfide) groups is 1. The maximum Gasteiger partial charge on any atom is 0.242 e. The van der Waals surface area contributed by atoms with Gasteiger partial charge < -0.3 is 15.0 Å². The fourth-order valence-corrected chi connectivity index (χ4v) is 4.28. The van der Waals surface area contributed by atoms with Crippen LogP contribution in [0.1, 0.15) is 31.4 Å². The monoisotopic (exact) mass is 482 g/mol. The molecule has 0 aliphatic rings. The number of methoxy groups -OCH3 is 1. The van der Waals surface area contributed by atoms with Crippen LogP contribution in [0, 0.1) is 0 Å². The predicted octanol–water partition coefficient (Wildman–Crippen LogP) is 5.18. The molecule has 0 saturated carbocycles. The van der Waals surface area contributed by atoms with Gasteiger partial charge in [-0.1, -0.05) is 48.3 Å². The highest BCUT2D eigenvalue weighted by atomic mass is 35.5. The maximum atomic E-state index is 13.1. The molecule has 0 radical (unpaired) electrons. The Morgan fingerprint density at radius 3 is 2.35 bits per heavy atom. The lowest BCUT2D eigenvalue weighted by atomic mass is 10.1. The average Bonchev–Trinajstić information content (AvgIpc) is 2.77. The van der Waals surface area contributed by atoms with Crippen LogP contribution in [0.25, 0.3) is 0 Å². The minimum Gasteiger partial charge on any atom is -0.497 e. The standard InChI is InChI=1S/C23H28Cl2N2O3S/c1-4-12-26-23(29)16(2)27(13-19-20(24)6-5-7-21(19)25)22(28)15-31-14-17-8-10-18(30-3)11-9-17/h5-11,16H,4,12-15H2,1-3H3,(H,26,29)/t16-/m1/s1. The molecule has 0 spiro atoms. The molecule has 8 heteroatoms. The largest absolute Gasteiger partial charge is 0.497 e. The zero-order valence-electron chi connectivity index (χ0n) is 18.0. The van der Waals surface area contributed by atoms with E-state index in [0.29, 0.717) is 27.9 Å². The highest BCUT2D eigenvalue weighted by Crippen LogP contribution is 2.27. The normalized spacial score (nSPS) is 11.6. The van der Waals surface area contributed by atoms with Crippen LogP contribution in [0.15, 0.2) is 42.5 Å². The number of rotatable bonds is 11. The van der Waals surface area contributed by atoms with Gasteiger partial charge in [0, 0.05) is 34.5 Å². The molecule has 2 rings (SSSR count).